The Hall–Kier alpha value is -0.120. The zero-order valence-corrected chi connectivity index (χ0v) is 11.9. The summed E-state index contributed by atoms with van der Waals surface area (Å²) in [5.74, 6) is 0. The summed E-state index contributed by atoms with van der Waals surface area (Å²) in [6.07, 6.45) is 2.72. The lowest BCUT2D eigenvalue weighted by molar-refractivity contribution is -0.982. The first-order valence-corrected chi connectivity index (χ1v) is 7.24. The second-order valence-corrected chi connectivity index (χ2v) is 6.50. The Kier molecular flexibility index (Phi) is 3.81. The highest BCUT2D eigenvalue weighted by molar-refractivity contribution is 4.90. The van der Waals surface area contributed by atoms with Gasteiger partial charge in [0.2, 0.25) is 0 Å². The van der Waals surface area contributed by atoms with Crippen molar-refractivity contribution >= 4 is 0 Å². The fourth-order valence-electron chi connectivity index (χ4n) is 4.17. The fraction of sp³-hybridized carbons (Fsp3) is 1.00. The van der Waals surface area contributed by atoms with E-state index < -0.39 is 0 Å². The average Bonchev–Trinajstić information content (AvgIpc) is 2.29. The monoisotopic (exact) mass is 241 g/mol. The maximum atomic E-state index is 9.41. The summed E-state index contributed by atoms with van der Waals surface area (Å²) in [5.41, 5.74) is 0. The third kappa shape index (κ3) is 2.13. The lowest BCUT2D eigenvalue weighted by atomic mass is 9.85. The van der Waals surface area contributed by atoms with Crippen molar-refractivity contribution in [1.29, 1.82) is 0 Å². The van der Waals surface area contributed by atoms with Gasteiger partial charge in [-0.2, -0.15) is 0 Å². The summed E-state index contributed by atoms with van der Waals surface area (Å²) >= 11 is 0. The zero-order chi connectivity index (χ0) is 12.6. The minimum Gasteiger partial charge on any atom is -0.391 e. The van der Waals surface area contributed by atoms with Crippen LogP contribution in [0.25, 0.3) is 0 Å². The lowest BCUT2D eigenvalue weighted by Gasteiger charge is -2.60. The van der Waals surface area contributed by atoms with Crippen molar-refractivity contribution in [3.05, 3.63) is 0 Å². The molecule has 1 N–H and O–H groups in total. The van der Waals surface area contributed by atoms with Crippen molar-refractivity contribution in [1.82, 2.24) is 4.90 Å². The topological polar surface area (TPSA) is 23.5 Å². The molecule has 3 heteroatoms. The van der Waals surface area contributed by atoms with Crippen molar-refractivity contribution in [2.75, 3.05) is 26.2 Å². The molecule has 2 bridgehead atoms. The van der Waals surface area contributed by atoms with Crippen LogP contribution in [0, 0.1) is 0 Å². The van der Waals surface area contributed by atoms with Crippen LogP contribution in [0.3, 0.4) is 0 Å². The van der Waals surface area contributed by atoms with E-state index in [0.29, 0.717) is 18.7 Å². The number of hydrogen-bond donors (Lipinski definition) is 1. The Bertz CT molecular complexity index is 267. The van der Waals surface area contributed by atoms with Crippen LogP contribution in [0.2, 0.25) is 0 Å². The van der Waals surface area contributed by atoms with E-state index in [1.54, 1.807) is 0 Å². The number of piperidine rings is 2. The van der Waals surface area contributed by atoms with Crippen molar-refractivity contribution in [3.63, 3.8) is 0 Å². The zero-order valence-electron chi connectivity index (χ0n) is 11.9. The van der Waals surface area contributed by atoms with Gasteiger partial charge in [-0.25, -0.2) is 0 Å². The van der Waals surface area contributed by atoms with E-state index in [2.05, 4.69) is 32.6 Å². The molecule has 0 radical (unpaired) electrons. The van der Waals surface area contributed by atoms with Crippen molar-refractivity contribution < 1.29 is 9.59 Å². The van der Waals surface area contributed by atoms with Gasteiger partial charge < -0.3 is 9.59 Å². The molecule has 0 saturated carbocycles. The third-order valence-electron chi connectivity index (χ3n) is 5.21. The summed E-state index contributed by atoms with van der Waals surface area (Å²) in [6, 6.07) is 2.80. The molecule has 3 aliphatic rings. The fourth-order valence-corrected chi connectivity index (χ4v) is 4.17. The van der Waals surface area contributed by atoms with Crippen molar-refractivity contribution in [2.45, 2.75) is 64.7 Å². The summed E-state index contributed by atoms with van der Waals surface area (Å²) in [5, 5.41) is 9.41. The number of aliphatic hydroxyl groups excluding tert-OH is 1. The van der Waals surface area contributed by atoms with Crippen LogP contribution in [0.1, 0.15) is 40.5 Å². The van der Waals surface area contributed by atoms with Crippen LogP contribution in [0.4, 0.5) is 0 Å². The van der Waals surface area contributed by atoms with Gasteiger partial charge in [-0.05, 0) is 34.1 Å². The molecule has 17 heavy (non-hydrogen) atoms. The van der Waals surface area contributed by atoms with Crippen molar-refractivity contribution in [3.8, 4) is 0 Å². The standard InChI is InChI=1S/C14H29N2O/c1-11(2)15-9-14-6-5-13(15)10-16(14,7-8-17)12(3)4/h11-14,17H,5-10H2,1-4H3/q+1/t13-,14-,16?/m1/s1. The summed E-state index contributed by atoms with van der Waals surface area (Å²) in [7, 11) is 0. The molecule has 3 atom stereocenters. The minimum absolute atomic E-state index is 0.336. The minimum atomic E-state index is 0.336. The average molecular weight is 241 g/mol. The predicted molar refractivity (Wildman–Crippen MR) is 70.9 cm³/mol. The van der Waals surface area contributed by atoms with E-state index in [1.165, 1.54) is 25.9 Å². The van der Waals surface area contributed by atoms with E-state index in [1.807, 2.05) is 0 Å². The Labute approximate surface area is 106 Å². The van der Waals surface area contributed by atoms with Gasteiger partial charge in [-0.3, -0.25) is 4.90 Å². The largest absolute Gasteiger partial charge is 0.391 e. The molecule has 1 unspecified atom stereocenters. The second-order valence-electron chi connectivity index (χ2n) is 6.50. The van der Waals surface area contributed by atoms with Gasteiger partial charge in [0.15, 0.2) is 0 Å². The van der Waals surface area contributed by atoms with Gasteiger partial charge in [-0.1, -0.05) is 0 Å². The highest BCUT2D eigenvalue weighted by Gasteiger charge is 2.51. The first-order valence-electron chi connectivity index (χ1n) is 7.24. The molecular formula is C14H29N2O+. The highest BCUT2D eigenvalue weighted by Crippen LogP contribution is 2.37. The van der Waals surface area contributed by atoms with Gasteiger partial charge in [0.1, 0.15) is 12.6 Å². The molecule has 0 aromatic rings. The highest BCUT2D eigenvalue weighted by atomic mass is 16.3. The van der Waals surface area contributed by atoms with E-state index in [4.69, 9.17) is 0 Å². The molecule has 3 aliphatic heterocycles. The van der Waals surface area contributed by atoms with Crippen LogP contribution in [0.5, 0.6) is 0 Å². The first kappa shape index (κ1) is 13.3. The molecule has 3 rings (SSSR count). The lowest BCUT2D eigenvalue weighted by Crippen LogP contribution is -2.75. The van der Waals surface area contributed by atoms with E-state index >= 15 is 0 Å². The summed E-state index contributed by atoms with van der Waals surface area (Å²) in [4.78, 5) is 2.68. The van der Waals surface area contributed by atoms with E-state index in [9.17, 15) is 5.11 Å². The Balaban J connectivity index is 2.18. The molecule has 100 valence electrons. The van der Waals surface area contributed by atoms with Gasteiger partial charge in [-0.15, -0.1) is 0 Å². The van der Waals surface area contributed by atoms with E-state index in [0.717, 1.165) is 23.1 Å². The van der Waals surface area contributed by atoms with Crippen LogP contribution in [0.15, 0.2) is 0 Å². The number of aliphatic hydroxyl groups is 1. The van der Waals surface area contributed by atoms with Crippen LogP contribution in [-0.4, -0.2) is 64.9 Å². The third-order valence-corrected chi connectivity index (χ3v) is 5.21. The Morgan fingerprint density at radius 2 is 1.94 bits per heavy atom. The first-order chi connectivity index (χ1) is 8.01. The number of hydrogen-bond acceptors (Lipinski definition) is 2. The molecule has 0 aromatic carbocycles. The van der Waals surface area contributed by atoms with Gasteiger partial charge >= 0.3 is 0 Å². The number of quaternary nitrogens is 1. The molecule has 0 amide bonds. The maximum Gasteiger partial charge on any atom is 0.103 e. The molecule has 0 aliphatic carbocycles. The Morgan fingerprint density at radius 3 is 2.35 bits per heavy atom. The maximum absolute atomic E-state index is 9.41. The molecular weight excluding hydrogens is 212 g/mol. The van der Waals surface area contributed by atoms with Crippen LogP contribution >= 0.6 is 0 Å². The molecule has 0 spiro atoms. The number of piperazine rings is 1. The molecule has 0 aromatic heterocycles. The second kappa shape index (κ2) is 4.87. The number of fused-ring (bicyclic) bond motifs is 3. The van der Waals surface area contributed by atoms with Gasteiger partial charge in [0.05, 0.1) is 31.8 Å². The molecule has 3 heterocycles. The predicted octanol–water partition coefficient (Wildman–Crippen LogP) is 1.46. The summed E-state index contributed by atoms with van der Waals surface area (Å²) < 4.78 is 1.16. The summed E-state index contributed by atoms with van der Waals surface area (Å²) in [6.45, 7) is 13.1. The molecule has 3 saturated heterocycles. The SMILES string of the molecule is CC(C)N1C[C@H]2CC[C@@H]1C[N+]2(CCO)C(C)C. The number of nitrogens with zero attached hydrogens (tertiary/aromatic N) is 2. The van der Waals surface area contributed by atoms with Crippen LogP contribution in [-0.2, 0) is 0 Å². The van der Waals surface area contributed by atoms with Crippen LogP contribution < -0.4 is 0 Å². The van der Waals surface area contributed by atoms with Crippen molar-refractivity contribution in [2.24, 2.45) is 0 Å². The Morgan fingerprint density at radius 1 is 1.24 bits per heavy atom. The number of rotatable bonds is 4. The molecule has 3 fully saturated rings. The van der Waals surface area contributed by atoms with Gasteiger partial charge in [0, 0.05) is 12.5 Å². The normalized spacial score (nSPS) is 38.3. The van der Waals surface area contributed by atoms with E-state index in [-0.39, 0.29) is 0 Å². The smallest absolute Gasteiger partial charge is 0.103 e. The van der Waals surface area contributed by atoms with Gasteiger partial charge in [0.25, 0.3) is 0 Å². The molecule has 3 nitrogen and oxygen atoms in total. The quantitative estimate of drug-likeness (QED) is 0.753.